The highest BCUT2D eigenvalue weighted by molar-refractivity contribution is 9.10. The number of amides is 1. The molecule has 1 aromatic heterocycles. The summed E-state index contributed by atoms with van der Waals surface area (Å²) in [5.74, 6) is 1.63. The third kappa shape index (κ3) is 3.96. The second-order valence-electron chi connectivity index (χ2n) is 6.16. The van der Waals surface area contributed by atoms with Crippen molar-refractivity contribution < 1.29 is 9.32 Å². The lowest BCUT2D eigenvalue weighted by Crippen LogP contribution is -2.14. The minimum absolute atomic E-state index is 0.0637. The predicted molar refractivity (Wildman–Crippen MR) is 98.2 cm³/mol. The number of anilines is 1. The Morgan fingerprint density at radius 2 is 2.00 bits per heavy atom. The normalized spacial score (nSPS) is 13.6. The Bertz CT molecular complexity index is 901. The van der Waals surface area contributed by atoms with Gasteiger partial charge < -0.3 is 9.84 Å². The third-order valence-corrected chi connectivity index (χ3v) is 4.58. The van der Waals surface area contributed by atoms with Gasteiger partial charge in [-0.2, -0.15) is 4.98 Å². The summed E-state index contributed by atoms with van der Waals surface area (Å²) in [6.07, 6.45) is 2.56. The number of nitrogens with one attached hydrogen (secondary N) is 1. The monoisotopic (exact) mass is 397 g/mol. The van der Waals surface area contributed by atoms with Crippen LogP contribution in [-0.2, 0) is 11.2 Å². The lowest BCUT2D eigenvalue weighted by molar-refractivity contribution is -0.115. The van der Waals surface area contributed by atoms with E-state index in [1.165, 1.54) is 0 Å². The molecule has 6 heteroatoms. The summed E-state index contributed by atoms with van der Waals surface area (Å²) in [4.78, 5) is 16.7. The third-order valence-electron chi connectivity index (χ3n) is 4.05. The largest absolute Gasteiger partial charge is 0.339 e. The van der Waals surface area contributed by atoms with Crippen molar-refractivity contribution in [2.45, 2.75) is 25.2 Å². The quantitative estimate of drug-likeness (QED) is 0.684. The highest BCUT2D eigenvalue weighted by Crippen LogP contribution is 2.39. The Balaban J connectivity index is 1.45. The van der Waals surface area contributed by atoms with Crippen molar-refractivity contribution in [2.24, 2.45) is 0 Å². The Morgan fingerprint density at radius 1 is 1.20 bits per heavy atom. The summed E-state index contributed by atoms with van der Waals surface area (Å²) in [6, 6.07) is 15.2. The molecule has 1 aliphatic rings. The minimum Gasteiger partial charge on any atom is -0.339 e. The van der Waals surface area contributed by atoms with Gasteiger partial charge in [-0.05, 0) is 42.7 Å². The van der Waals surface area contributed by atoms with Crippen LogP contribution in [0.25, 0.3) is 11.4 Å². The van der Waals surface area contributed by atoms with Crippen molar-refractivity contribution in [1.82, 2.24) is 10.1 Å². The predicted octanol–water partition coefficient (Wildman–Crippen LogP) is 4.56. The van der Waals surface area contributed by atoms with Crippen LogP contribution in [-0.4, -0.2) is 16.0 Å². The van der Waals surface area contributed by atoms with E-state index in [1.807, 2.05) is 48.5 Å². The molecule has 4 rings (SSSR count). The molecule has 1 N–H and O–H groups in total. The fourth-order valence-corrected chi connectivity index (χ4v) is 2.84. The van der Waals surface area contributed by atoms with Gasteiger partial charge in [0.25, 0.3) is 0 Å². The molecule has 25 heavy (non-hydrogen) atoms. The first-order chi connectivity index (χ1) is 12.2. The Hall–Kier alpha value is -2.47. The van der Waals surface area contributed by atoms with E-state index in [4.69, 9.17) is 4.52 Å². The fraction of sp³-hybridized carbons (Fsp3) is 0.211. The number of halogens is 1. The molecule has 1 amide bonds. The second kappa shape index (κ2) is 6.80. The van der Waals surface area contributed by atoms with Crippen LogP contribution in [0.5, 0.6) is 0 Å². The summed E-state index contributed by atoms with van der Waals surface area (Å²) >= 11 is 3.39. The number of nitrogens with zero attached hydrogens (tertiary/aromatic N) is 2. The van der Waals surface area contributed by atoms with E-state index in [-0.39, 0.29) is 5.91 Å². The molecular formula is C19H16BrN3O2. The van der Waals surface area contributed by atoms with Crippen molar-refractivity contribution in [3.05, 3.63) is 64.5 Å². The van der Waals surface area contributed by atoms with Crippen molar-refractivity contribution >= 4 is 27.5 Å². The van der Waals surface area contributed by atoms with Crippen molar-refractivity contribution in [1.29, 1.82) is 0 Å². The van der Waals surface area contributed by atoms with Gasteiger partial charge in [-0.1, -0.05) is 45.4 Å². The first kappa shape index (κ1) is 16.0. The molecule has 1 aliphatic carbocycles. The highest BCUT2D eigenvalue weighted by atomic mass is 79.9. The van der Waals surface area contributed by atoms with Gasteiger partial charge in [0.2, 0.25) is 17.6 Å². The van der Waals surface area contributed by atoms with Crippen LogP contribution in [0.3, 0.4) is 0 Å². The Kier molecular flexibility index (Phi) is 4.36. The van der Waals surface area contributed by atoms with E-state index >= 15 is 0 Å². The first-order valence-corrected chi connectivity index (χ1v) is 8.95. The number of carbonyl (C=O) groups excluding carboxylic acids is 1. The maximum absolute atomic E-state index is 12.2. The van der Waals surface area contributed by atoms with Gasteiger partial charge >= 0.3 is 0 Å². The summed E-state index contributed by atoms with van der Waals surface area (Å²) < 4.78 is 6.30. The average Bonchev–Trinajstić information content (AvgIpc) is 3.34. The van der Waals surface area contributed by atoms with Crippen molar-refractivity contribution in [3.63, 3.8) is 0 Å². The van der Waals surface area contributed by atoms with Crippen molar-refractivity contribution in [2.75, 3.05) is 5.32 Å². The van der Waals surface area contributed by atoms with Gasteiger partial charge in [0, 0.05) is 21.6 Å². The first-order valence-electron chi connectivity index (χ1n) is 8.16. The van der Waals surface area contributed by atoms with Crippen molar-refractivity contribution in [3.8, 4) is 11.4 Å². The maximum atomic E-state index is 12.2. The van der Waals surface area contributed by atoms with Gasteiger partial charge in [-0.25, -0.2) is 0 Å². The van der Waals surface area contributed by atoms with Crippen LogP contribution in [0.2, 0.25) is 0 Å². The number of hydrogen-bond donors (Lipinski definition) is 1. The SMILES string of the molecule is O=C(Cc1ccc(Br)cc1)Nc1cccc(-c2noc(C3CC3)n2)c1. The molecule has 1 heterocycles. The molecular weight excluding hydrogens is 382 g/mol. The van der Waals surface area contributed by atoms with Gasteiger partial charge in [-0.3, -0.25) is 4.79 Å². The van der Waals surface area contributed by atoms with Crippen LogP contribution in [0.4, 0.5) is 5.69 Å². The van der Waals surface area contributed by atoms with Gasteiger partial charge in [0.1, 0.15) is 0 Å². The number of benzene rings is 2. The van der Waals surface area contributed by atoms with Crippen LogP contribution >= 0.6 is 15.9 Å². The fourth-order valence-electron chi connectivity index (χ4n) is 2.58. The molecule has 1 saturated carbocycles. The van der Waals surface area contributed by atoms with Crippen LogP contribution < -0.4 is 5.32 Å². The molecule has 5 nitrogen and oxygen atoms in total. The summed E-state index contributed by atoms with van der Waals surface area (Å²) in [6.45, 7) is 0. The molecule has 3 aromatic rings. The van der Waals surface area contributed by atoms with E-state index in [2.05, 4.69) is 31.4 Å². The Labute approximate surface area is 153 Å². The Morgan fingerprint density at radius 3 is 2.76 bits per heavy atom. The van der Waals surface area contributed by atoms with Gasteiger partial charge in [0.15, 0.2) is 0 Å². The van der Waals surface area contributed by atoms with Crippen LogP contribution in [0, 0.1) is 0 Å². The van der Waals surface area contributed by atoms with E-state index in [0.717, 1.165) is 34.1 Å². The molecule has 0 bridgehead atoms. The molecule has 126 valence electrons. The maximum Gasteiger partial charge on any atom is 0.230 e. The molecule has 0 atom stereocenters. The van der Waals surface area contributed by atoms with E-state index in [9.17, 15) is 4.79 Å². The number of aromatic nitrogens is 2. The molecule has 0 aliphatic heterocycles. The smallest absolute Gasteiger partial charge is 0.230 e. The van der Waals surface area contributed by atoms with Crippen LogP contribution in [0.1, 0.15) is 30.2 Å². The molecule has 2 aromatic carbocycles. The van der Waals surface area contributed by atoms with E-state index in [1.54, 1.807) is 0 Å². The zero-order valence-electron chi connectivity index (χ0n) is 13.4. The summed E-state index contributed by atoms with van der Waals surface area (Å²) in [5, 5.41) is 6.96. The molecule has 0 spiro atoms. The number of hydrogen-bond acceptors (Lipinski definition) is 4. The lowest BCUT2D eigenvalue weighted by Gasteiger charge is -2.06. The zero-order valence-corrected chi connectivity index (χ0v) is 15.0. The molecule has 0 unspecified atom stereocenters. The minimum atomic E-state index is -0.0637. The molecule has 0 radical (unpaired) electrons. The highest BCUT2D eigenvalue weighted by Gasteiger charge is 2.29. The van der Waals surface area contributed by atoms with Gasteiger partial charge in [-0.15, -0.1) is 0 Å². The summed E-state index contributed by atoms with van der Waals surface area (Å²) in [5.41, 5.74) is 2.51. The average molecular weight is 398 g/mol. The lowest BCUT2D eigenvalue weighted by atomic mass is 10.1. The number of carbonyl (C=O) groups is 1. The second-order valence-corrected chi connectivity index (χ2v) is 7.08. The van der Waals surface area contributed by atoms with E-state index in [0.29, 0.717) is 24.1 Å². The zero-order chi connectivity index (χ0) is 17.2. The molecule has 0 saturated heterocycles. The standard InChI is InChI=1S/C19H16BrN3O2/c20-15-8-4-12(5-9-15)10-17(24)21-16-3-1-2-14(11-16)18-22-19(25-23-18)13-6-7-13/h1-5,8-9,11,13H,6-7,10H2,(H,21,24). The van der Waals surface area contributed by atoms with Gasteiger partial charge in [0.05, 0.1) is 6.42 Å². The van der Waals surface area contributed by atoms with E-state index < -0.39 is 0 Å². The van der Waals surface area contributed by atoms with Crippen LogP contribution in [0.15, 0.2) is 57.5 Å². The molecule has 1 fully saturated rings. The summed E-state index contributed by atoms with van der Waals surface area (Å²) in [7, 11) is 0. The topological polar surface area (TPSA) is 68.0 Å². The number of rotatable bonds is 5.